The van der Waals surface area contributed by atoms with E-state index >= 15 is 0 Å². The zero-order valence-corrected chi connectivity index (χ0v) is 10.9. The lowest BCUT2D eigenvalue weighted by Gasteiger charge is -2.17. The number of nitrogens with zero attached hydrogens (tertiary/aromatic N) is 1. The van der Waals surface area contributed by atoms with Crippen LogP contribution in [0.3, 0.4) is 0 Å². The second-order valence-corrected chi connectivity index (χ2v) is 4.77. The highest BCUT2D eigenvalue weighted by Gasteiger charge is 2.24. The van der Waals surface area contributed by atoms with Gasteiger partial charge in [0.2, 0.25) is 0 Å². The van der Waals surface area contributed by atoms with E-state index < -0.39 is 0 Å². The molecule has 0 saturated carbocycles. The Morgan fingerprint density at radius 2 is 2.29 bits per heavy atom. The minimum Gasteiger partial charge on any atom is -0.328 e. The maximum Gasteiger partial charge on any atom is 0.123 e. The van der Waals surface area contributed by atoms with Gasteiger partial charge in [0, 0.05) is 19.1 Å². The number of likely N-dealkylation sites (tertiary alicyclic amines) is 1. The van der Waals surface area contributed by atoms with E-state index in [2.05, 4.69) is 11.8 Å². The Morgan fingerprint density at radius 3 is 2.88 bits per heavy atom. The number of nitrogens with two attached hydrogens (primary N) is 1. The summed E-state index contributed by atoms with van der Waals surface area (Å²) in [6.45, 7) is 5.01. The molecule has 0 amide bonds. The SMILES string of the molecule is CC(N)C1CCN(Cc2cccc(F)c2)C1.Cl. The Morgan fingerprint density at radius 1 is 1.53 bits per heavy atom. The van der Waals surface area contributed by atoms with Gasteiger partial charge in [-0.1, -0.05) is 12.1 Å². The van der Waals surface area contributed by atoms with Crippen LogP contribution >= 0.6 is 12.4 Å². The first-order chi connectivity index (χ1) is 7.65. The third kappa shape index (κ3) is 3.95. The molecule has 0 aromatic heterocycles. The van der Waals surface area contributed by atoms with E-state index in [4.69, 9.17) is 5.73 Å². The molecule has 2 N–H and O–H groups in total. The summed E-state index contributed by atoms with van der Waals surface area (Å²) in [6, 6.07) is 7.10. The van der Waals surface area contributed by atoms with Crippen molar-refractivity contribution in [3.8, 4) is 0 Å². The van der Waals surface area contributed by atoms with Crippen LogP contribution in [0.5, 0.6) is 0 Å². The summed E-state index contributed by atoms with van der Waals surface area (Å²) in [5, 5.41) is 0. The predicted octanol–water partition coefficient (Wildman–Crippen LogP) is 2.42. The largest absolute Gasteiger partial charge is 0.328 e. The van der Waals surface area contributed by atoms with Crippen molar-refractivity contribution in [3.05, 3.63) is 35.6 Å². The Bertz CT molecular complexity index is 357. The summed E-state index contributed by atoms with van der Waals surface area (Å²) in [5.74, 6) is 0.439. The summed E-state index contributed by atoms with van der Waals surface area (Å²) in [5.41, 5.74) is 6.94. The van der Waals surface area contributed by atoms with Crippen molar-refractivity contribution in [2.24, 2.45) is 11.7 Å². The van der Waals surface area contributed by atoms with Crippen LogP contribution in [0.25, 0.3) is 0 Å². The lowest BCUT2D eigenvalue weighted by Crippen LogP contribution is -2.29. The molecule has 2 nitrogen and oxygen atoms in total. The molecule has 0 bridgehead atoms. The van der Waals surface area contributed by atoms with Gasteiger partial charge in [-0.3, -0.25) is 4.90 Å². The quantitative estimate of drug-likeness (QED) is 0.902. The first kappa shape index (κ1) is 14.4. The summed E-state index contributed by atoms with van der Waals surface area (Å²) in [6.07, 6.45) is 1.16. The standard InChI is InChI=1S/C13H19FN2.ClH/c1-10(15)12-5-6-16(9-12)8-11-3-2-4-13(14)7-11;/h2-4,7,10,12H,5-6,8-9,15H2,1H3;1H. The molecule has 1 heterocycles. The molecule has 96 valence electrons. The van der Waals surface area contributed by atoms with Crippen molar-refractivity contribution >= 4 is 12.4 Å². The Kier molecular flexibility index (Phi) is 5.37. The minimum absolute atomic E-state index is 0. The van der Waals surface area contributed by atoms with Crippen molar-refractivity contribution in [2.75, 3.05) is 13.1 Å². The van der Waals surface area contributed by atoms with Gasteiger partial charge in [-0.25, -0.2) is 4.39 Å². The predicted molar refractivity (Wildman–Crippen MR) is 70.7 cm³/mol. The molecule has 0 aliphatic carbocycles. The van der Waals surface area contributed by atoms with Crippen molar-refractivity contribution < 1.29 is 4.39 Å². The van der Waals surface area contributed by atoms with Crippen molar-refractivity contribution in [3.63, 3.8) is 0 Å². The first-order valence-electron chi connectivity index (χ1n) is 5.87. The van der Waals surface area contributed by atoms with E-state index in [0.29, 0.717) is 5.92 Å². The van der Waals surface area contributed by atoms with Gasteiger partial charge >= 0.3 is 0 Å². The van der Waals surface area contributed by atoms with E-state index in [1.807, 2.05) is 6.07 Å². The highest BCUT2D eigenvalue weighted by Crippen LogP contribution is 2.20. The molecule has 0 radical (unpaired) electrons. The second-order valence-electron chi connectivity index (χ2n) is 4.77. The molecule has 1 aromatic rings. The third-order valence-electron chi connectivity index (χ3n) is 3.35. The van der Waals surface area contributed by atoms with E-state index in [0.717, 1.165) is 31.6 Å². The normalized spacial score (nSPS) is 22.2. The van der Waals surface area contributed by atoms with E-state index in [1.165, 1.54) is 6.07 Å². The average Bonchev–Trinajstić information content (AvgIpc) is 2.66. The molecule has 1 aliphatic rings. The molecule has 1 saturated heterocycles. The average molecular weight is 259 g/mol. The van der Waals surface area contributed by atoms with Crippen molar-refractivity contribution in [2.45, 2.75) is 25.9 Å². The van der Waals surface area contributed by atoms with Gasteiger partial charge in [-0.15, -0.1) is 12.4 Å². The zero-order valence-electron chi connectivity index (χ0n) is 10.1. The molecular formula is C13H20ClFN2. The van der Waals surface area contributed by atoms with Gasteiger partial charge in [-0.05, 0) is 43.5 Å². The van der Waals surface area contributed by atoms with Crippen LogP contribution in [0.4, 0.5) is 4.39 Å². The Labute approximate surface area is 108 Å². The summed E-state index contributed by atoms with van der Waals surface area (Å²) >= 11 is 0. The molecule has 17 heavy (non-hydrogen) atoms. The van der Waals surface area contributed by atoms with Crippen LogP contribution in [0.2, 0.25) is 0 Å². The van der Waals surface area contributed by atoms with Crippen LogP contribution in [-0.2, 0) is 6.54 Å². The highest BCUT2D eigenvalue weighted by atomic mass is 35.5. The molecule has 2 unspecified atom stereocenters. The van der Waals surface area contributed by atoms with Gasteiger partial charge in [0.25, 0.3) is 0 Å². The minimum atomic E-state index is -0.152. The van der Waals surface area contributed by atoms with Crippen LogP contribution < -0.4 is 5.73 Å². The number of hydrogen-bond donors (Lipinski definition) is 1. The summed E-state index contributed by atoms with van der Waals surface area (Å²) < 4.78 is 13.0. The number of rotatable bonds is 3. The second kappa shape index (κ2) is 6.34. The lowest BCUT2D eigenvalue weighted by molar-refractivity contribution is 0.308. The van der Waals surface area contributed by atoms with Gasteiger partial charge in [-0.2, -0.15) is 0 Å². The van der Waals surface area contributed by atoms with Gasteiger partial charge < -0.3 is 5.73 Å². The topological polar surface area (TPSA) is 29.3 Å². The summed E-state index contributed by atoms with van der Waals surface area (Å²) in [4.78, 5) is 2.35. The smallest absolute Gasteiger partial charge is 0.123 e. The molecular weight excluding hydrogens is 239 g/mol. The van der Waals surface area contributed by atoms with Gasteiger partial charge in [0.05, 0.1) is 0 Å². The fourth-order valence-corrected chi connectivity index (χ4v) is 2.33. The number of hydrogen-bond acceptors (Lipinski definition) is 2. The molecule has 0 spiro atoms. The van der Waals surface area contributed by atoms with Crippen molar-refractivity contribution in [1.82, 2.24) is 4.90 Å². The highest BCUT2D eigenvalue weighted by molar-refractivity contribution is 5.85. The van der Waals surface area contributed by atoms with Crippen LogP contribution in [-0.4, -0.2) is 24.0 Å². The van der Waals surface area contributed by atoms with E-state index in [-0.39, 0.29) is 24.3 Å². The van der Waals surface area contributed by atoms with Crippen molar-refractivity contribution in [1.29, 1.82) is 0 Å². The number of halogens is 2. The molecule has 1 aliphatic heterocycles. The molecule has 2 atom stereocenters. The molecule has 2 rings (SSSR count). The number of benzene rings is 1. The van der Waals surface area contributed by atoms with E-state index in [9.17, 15) is 4.39 Å². The molecule has 1 aromatic carbocycles. The first-order valence-corrected chi connectivity index (χ1v) is 5.87. The molecule has 4 heteroatoms. The van der Waals surface area contributed by atoms with Gasteiger partial charge in [0.15, 0.2) is 0 Å². The van der Waals surface area contributed by atoms with E-state index in [1.54, 1.807) is 12.1 Å². The molecule has 1 fully saturated rings. The Hall–Kier alpha value is -0.640. The zero-order chi connectivity index (χ0) is 11.5. The monoisotopic (exact) mass is 258 g/mol. The van der Waals surface area contributed by atoms with Crippen LogP contribution in [0, 0.1) is 11.7 Å². The van der Waals surface area contributed by atoms with Crippen LogP contribution in [0.15, 0.2) is 24.3 Å². The fourth-order valence-electron chi connectivity index (χ4n) is 2.33. The van der Waals surface area contributed by atoms with Crippen LogP contribution in [0.1, 0.15) is 18.9 Å². The van der Waals surface area contributed by atoms with Gasteiger partial charge in [0.1, 0.15) is 5.82 Å². The maximum absolute atomic E-state index is 13.0. The lowest BCUT2D eigenvalue weighted by atomic mass is 10.0. The third-order valence-corrected chi connectivity index (χ3v) is 3.35. The fraction of sp³-hybridized carbons (Fsp3) is 0.538. The Balaban J connectivity index is 0.00000144. The summed E-state index contributed by atoms with van der Waals surface area (Å²) in [7, 11) is 0. The maximum atomic E-state index is 13.0.